The highest BCUT2D eigenvalue weighted by atomic mass is 15.2. The van der Waals surface area contributed by atoms with Gasteiger partial charge in [0.05, 0.1) is 12.3 Å². The topological polar surface area (TPSA) is 52.1 Å². The van der Waals surface area contributed by atoms with E-state index in [4.69, 9.17) is 5.73 Å². The maximum absolute atomic E-state index is 5.55. The predicted octanol–water partition coefficient (Wildman–Crippen LogP) is -0.00490. The van der Waals surface area contributed by atoms with Crippen LogP contribution in [0.1, 0.15) is 26.2 Å². The standard InChI is InChI=1S/C7H16N3/c1-6(8)10-7-4-2-3-5-9-7/h6-7,10H,2-5,8H2,1H3. The van der Waals surface area contributed by atoms with Crippen LogP contribution in [-0.2, 0) is 0 Å². The summed E-state index contributed by atoms with van der Waals surface area (Å²) in [5, 5.41) is 7.57. The molecule has 0 aliphatic carbocycles. The van der Waals surface area contributed by atoms with E-state index in [0.717, 1.165) is 13.0 Å². The minimum atomic E-state index is 0.0758. The van der Waals surface area contributed by atoms with E-state index in [1.54, 1.807) is 0 Å². The second kappa shape index (κ2) is 3.91. The summed E-state index contributed by atoms with van der Waals surface area (Å²) in [4.78, 5) is 0. The zero-order chi connectivity index (χ0) is 7.40. The molecule has 0 aromatic heterocycles. The number of rotatable bonds is 2. The Morgan fingerprint density at radius 3 is 2.90 bits per heavy atom. The summed E-state index contributed by atoms with van der Waals surface area (Å²) in [6, 6.07) is 0. The van der Waals surface area contributed by atoms with Gasteiger partial charge in [-0.1, -0.05) is 0 Å². The first-order valence-electron chi connectivity index (χ1n) is 3.97. The highest BCUT2D eigenvalue weighted by molar-refractivity contribution is 4.70. The van der Waals surface area contributed by atoms with Gasteiger partial charge in [0.2, 0.25) is 0 Å². The molecular formula is C7H16N3. The van der Waals surface area contributed by atoms with Crippen molar-refractivity contribution in [2.75, 3.05) is 6.54 Å². The normalized spacial score (nSPS) is 30.0. The minimum Gasteiger partial charge on any atom is -0.316 e. The number of piperidine rings is 1. The summed E-state index contributed by atoms with van der Waals surface area (Å²) < 4.78 is 0. The fourth-order valence-corrected chi connectivity index (χ4v) is 1.23. The lowest BCUT2D eigenvalue weighted by Gasteiger charge is -2.24. The van der Waals surface area contributed by atoms with E-state index in [-0.39, 0.29) is 6.17 Å². The molecule has 2 unspecified atom stereocenters. The Morgan fingerprint density at radius 1 is 1.60 bits per heavy atom. The minimum absolute atomic E-state index is 0.0758. The van der Waals surface area contributed by atoms with Crippen molar-refractivity contribution in [1.29, 1.82) is 0 Å². The average molecular weight is 142 g/mol. The Balaban J connectivity index is 2.13. The summed E-state index contributed by atoms with van der Waals surface area (Å²) in [6.45, 7) is 2.95. The van der Waals surface area contributed by atoms with Gasteiger partial charge >= 0.3 is 0 Å². The summed E-state index contributed by atoms with van der Waals surface area (Å²) in [5.41, 5.74) is 5.55. The SMILES string of the molecule is CC(N)NC1CCCC[N]1. The van der Waals surface area contributed by atoms with Gasteiger partial charge in [0, 0.05) is 6.54 Å². The van der Waals surface area contributed by atoms with Crippen molar-refractivity contribution in [3.8, 4) is 0 Å². The van der Waals surface area contributed by atoms with Crippen molar-refractivity contribution >= 4 is 0 Å². The fourth-order valence-electron chi connectivity index (χ4n) is 1.23. The highest BCUT2D eigenvalue weighted by Crippen LogP contribution is 2.05. The van der Waals surface area contributed by atoms with Gasteiger partial charge in [0.15, 0.2) is 0 Å². The summed E-state index contributed by atoms with van der Waals surface area (Å²) in [5.74, 6) is 0. The van der Waals surface area contributed by atoms with Crippen LogP contribution in [0.3, 0.4) is 0 Å². The molecule has 0 aromatic carbocycles. The Bertz CT molecular complexity index is 86.9. The first-order valence-corrected chi connectivity index (χ1v) is 3.97. The van der Waals surface area contributed by atoms with Crippen molar-refractivity contribution in [2.45, 2.75) is 38.5 Å². The zero-order valence-electron chi connectivity index (χ0n) is 6.51. The van der Waals surface area contributed by atoms with Gasteiger partial charge in [0.1, 0.15) is 0 Å². The molecule has 1 aliphatic heterocycles. The van der Waals surface area contributed by atoms with Crippen molar-refractivity contribution in [2.24, 2.45) is 5.73 Å². The number of hydrogen-bond donors (Lipinski definition) is 2. The van der Waals surface area contributed by atoms with Crippen LogP contribution >= 0.6 is 0 Å². The van der Waals surface area contributed by atoms with Crippen LogP contribution in [0.4, 0.5) is 0 Å². The second-order valence-electron chi connectivity index (χ2n) is 2.87. The maximum atomic E-state index is 5.55. The van der Waals surface area contributed by atoms with Crippen molar-refractivity contribution in [3.05, 3.63) is 0 Å². The summed E-state index contributed by atoms with van der Waals surface area (Å²) in [7, 11) is 0. The van der Waals surface area contributed by atoms with E-state index in [9.17, 15) is 0 Å². The molecule has 3 nitrogen and oxygen atoms in total. The highest BCUT2D eigenvalue weighted by Gasteiger charge is 2.13. The van der Waals surface area contributed by atoms with E-state index in [1.165, 1.54) is 12.8 Å². The Kier molecular flexibility index (Phi) is 3.12. The van der Waals surface area contributed by atoms with E-state index >= 15 is 0 Å². The van der Waals surface area contributed by atoms with E-state index < -0.39 is 0 Å². The first-order chi connectivity index (χ1) is 4.79. The van der Waals surface area contributed by atoms with Crippen LogP contribution in [0.2, 0.25) is 0 Å². The monoisotopic (exact) mass is 142 g/mol. The van der Waals surface area contributed by atoms with Crippen LogP contribution in [0.15, 0.2) is 0 Å². The number of nitrogens with two attached hydrogens (primary N) is 1. The van der Waals surface area contributed by atoms with Gasteiger partial charge < -0.3 is 5.73 Å². The van der Waals surface area contributed by atoms with Gasteiger partial charge in [-0.15, -0.1) is 0 Å². The van der Waals surface area contributed by atoms with Crippen LogP contribution in [0.25, 0.3) is 0 Å². The fraction of sp³-hybridized carbons (Fsp3) is 1.00. The molecule has 3 N–H and O–H groups in total. The zero-order valence-corrected chi connectivity index (χ0v) is 6.51. The van der Waals surface area contributed by atoms with Gasteiger partial charge in [-0.05, 0) is 26.2 Å². The van der Waals surface area contributed by atoms with Crippen LogP contribution < -0.4 is 16.4 Å². The summed E-state index contributed by atoms with van der Waals surface area (Å²) in [6.07, 6.45) is 4.09. The molecule has 1 heterocycles. The van der Waals surface area contributed by atoms with E-state index in [2.05, 4.69) is 10.6 Å². The third-order valence-electron chi connectivity index (χ3n) is 1.69. The molecule has 1 saturated heterocycles. The number of nitrogens with one attached hydrogen (secondary N) is 1. The molecule has 2 atom stereocenters. The van der Waals surface area contributed by atoms with E-state index in [0.29, 0.717) is 6.17 Å². The van der Waals surface area contributed by atoms with E-state index in [1.807, 2.05) is 6.92 Å². The molecule has 59 valence electrons. The van der Waals surface area contributed by atoms with Crippen LogP contribution in [0.5, 0.6) is 0 Å². The van der Waals surface area contributed by atoms with Crippen molar-refractivity contribution < 1.29 is 0 Å². The average Bonchev–Trinajstić information content (AvgIpc) is 1.88. The third kappa shape index (κ3) is 2.64. The van der Waals surface area contributed by atoms with Gasteiger partial charge in [-0.3, -0.25) is 5.32 Å². The molecule has 10 heavy (non-hydrogen) atoms. The van der Waals surface area contributed by atoms with Crippen molar-refractivity contribution in [1.82, 2.24) is 10.6 Å². The predicted molar refractivity (Wildman–Crippen MR) is 41.4 cm³/mol. The lowest BCUT2D eigenvalue weighted by Crippen LogP contribution is -2.48. The maximum Gasteiger partial charge on any atom is 0.0747 e. The Hall–Kier alpha value is -0.120. The molecule has 0 bridgehead atoms. The molecular weight excluding hydrogens is 126 g/mol. The number of nitrogens with zero attached hydrogens (tertiary/aromatic N) is 1. The molecule has 0 amide bonds. The van der Waals surface area contributed by atoms with Crippen LogP contribution in [-0.4, -0.2) is 18.9 Å². The van der Waals surface area contributed by atoms with Crippen molar-refractivity contribution in [3.63, 3.8) is 0 Å². The largest absolute Gasteiger partial charge is 0.316 e. The molecule has 0 aromatic rings. The molecule has 0 spiro atoms. The molecule has 3 heteroatoms. The molecule has 1 fully saturated rings. The molecule has 0 saturated carbocycles. The second-order valence-corrected chi connectivity index (χ2v) is 2.87. The quantitative estimate of drug-likeness (QED) is 0.533. The number of hydrogen-bond acceptors (Lipinski definition) is 2. The van der Waals surface area contributed by atoms with Crippen LogP contribution in [0, 0.1) is 0 Å². The van der Waals surface area contributed by atoms with Gasteiger partial charge in [-0.2, -0.15) is 0 Å². The molecule has 1 rings (SSSR count). The van der Waals surface area contributed by atoms with Gasteiger partial charge in [0.25, 0.3) is 0 Å². The lowest BCUT2D eigenvalue weighted by atomic mass is 10.1. The third-order valence-corrected chi connectivity index (χ3v) is 1.69. The molecule has 1 radical (unpaired) electrons. The molecule has 1 aliphatic rings. The Labute approximate surface area is 62.4 Å². The lowest BCUT2D eigenvalue weighted by molar-refractivity contribution is 0.313. The smallest absolute Gasteiger partial charge is 0.0747 e. The summed E-state index contributed by atoms with van der Waals surface area (Å²) >= 11 is 0. The Morgan fingerprint density at radius 2 is 2.40 bits per heavy atom. The first kappa shape index (κ1) is 7.98. The van der Waals surface area contributed by atoms with Gasteiger partial charge in [-0.25, -0.2) is 5.32 Å².